The summed E-state index contributed by atoms with van der Waals surface area (Å²) in [5.74, 6) is 0.239. The van der Waals surface area contributed by atoms with Crippen LogP contribution in [0.3, 0.4) is 0 Å². The first-order valence-electron chi connectivity index (χ1n) is 12.6. The van der Waals surface area contributed by atoms with Gasteiger partial charge in [0, 0.05) is 61.2 Å². The van der Waals surface area contributed by atoms with Crippen LogP contribution < -0.4 is 15.0 Å². The number of methoxy groups -OCH3 is 1. The highest BCUT2D eigenvalue weighted by molar-refractivity contribution is 5.91. The number of alkyl halides is 2. The third kappa shape index (κ3) is 3.98. The predicted molar refractivity (Wildman–Crippen MR) is 131 cm³/mol. The highest BCUT2D eigenvalue weighted by Gasteiger charge is 2.70. The van der Waals surface area contributed by atoms with E-state index in [9.17, 15) is 8.78 Å². The number of anilines is 2. The van der Waals surface area contributed by atoms with Crippen LogP contribution in [0.4, 0.5) is 20.5 Å². The fraction of sp³-hybridized carbons (Fsp3) is 0.577. The number of nitrogens with zero attached hydrogens (tertiary/aromatic N) is 5. The van der Waals surface area contributed by atoms with E-state index in [1.165, 1.54) is 5.69 Å². The molecule has 0 bridgehead atoms. The van der Waals surface area contributed by atoms with Gasteiger partial charge in [0.05, 0.1) is 19.0 Å². The van der Waals surface area contributed by atoms with Crippen LogP contribution in [0.5, 0.6) is 5.75 Å². The molecule has 3 fully saturated rings. The van der Waals surface area contributed by atoms with E-state index in [2.05, 4.69) is 19.8 Å². The minimum Gasteiger partial charge on any atom is -0.497 e. The van der Waals surface area contributed by atoms with Gasteiger partial charge in [-0.15, -0.1) is 0 Å². The molecule has 0 atom stereocenters. The van der Waals surface area contributed by atoms with Crippen molar-refractivity contribution < 1.29 is 13.5 Å². The molecule has 1 aromatic carbocycles. The fourth-order valence-electron chi connectivity index (χ4n) is 6.04. The van der Waals surface area contributed by atoms with Crippen LogP contribution in [0.2, 0.25) is 0 Å². The van der Waals surface area contributed by atoms with E-state index in [1.807, 2.05) is 37.8 Å². The Morgan fingerprint density at radius 3 is 2.46 bits per heavy atom. The van der Waals surface area contributed by atoms with Crippen molar-refractivity contribution in [3.05, 3.63) is 36.4 Å². The molecule has 1 spiro atoms. The number of ether oxygens (including phenoxy) is 1. The van der Waals surface area contributed by atoms with Crippen LogP contribution in [-0.4, -0.2) is 51.7 Å². The van der Waals surface area contributed by atoms with Gasteiger partial charge in [0.25, 0.3) is 5.92 Å². The lowest BCUT2D eigenvalue weighted by Gasteiger charge is -2.33. The second-order valence-electron chi connectivity index (χ2n) is 10.5. The van der Waals surface area contributed by atoms with Crippen molar-refractivity contribution >= 4 is 22.7 Å². The number of piperidine rings is 1. The summed E-state index contributed by atoms with van der Waals surface area (Å²) in [5.41, 5.74) is 1.38. The van der Waals surface area contributed by atoms with E-state index in [-0.39, 0.29) is 12.5 Å². The van der Waals surface area contributed by atoms with Gasteiger partial charge in [-0.3, -0.25) is 0 Å². The smallest absolute Gasteiger partial charge is 0.254 e. The minimum atomic E-state index is -2.47. The zero-order valence-corrected chi connectivity index (χ0v) is 20.3. The molecule has 35 heavy (non-hydrogen) atoms. The Morgan fingerprint density at radius 2 is 1.83 bits per heavy atom. The monoisotopic (exact) mass is 482 g/mol. The number of fused-ring (bicyclic) bond motifs is 1. The maximum atomic E-state index is 13.9. The van der Waals surface area contributed by atoms with Gasteiger partial charge in [-0.25, -0.2) is 18.7 Å². The Labute approximate surface area is 203 Å². The van der Waals surface area contributed by atoms with Gasteiger partial charge in [0.1, 0.15) is 11.6 Å². The molecule has 3 aliphatic rings. The van der Waals surface area contributed by atoms with Crippen LogP contribution in [0.25, 0.3) is 10.9 Å². The second kappa shape index (κ2) is 8.31. The number of nitrogens with one attached hydrogen (secondary N) is 1. The molecule has 0 unspecified atom stereocenters. The molecule has 3 aromatic rings. The molecular weight excluding hydrogens is 450 g/mol. The predicted octanol–water partition coefficient (Wildman–Crippen LogP) is 5.14. The molecule has 186 valence electrons. The third-order valence-electron chi connectivity index (χ3n) is 8.44. The van der Waals surface area contributed by atoms with Crippen molar-refractivity contribution in [2.75, 3.05) is 30.4 Å². The molecule has 1 aliphatic heterocycles. The van der Waals surface area contributed by atoms with Crippen molar-refractivity contribution in [1.82, 2.24) is 19.5 Å². The van der Waals surface area contributed by atoms with E-state index in [4.69, 9.17) is 14.7 Å². The molecule has 0 radical (unpaired) electrons. The summed E-state index contributed by atoms with van der Waals surface area (Å²) in [6.45, 7) is 1.75. The maximum absolute atomic E-state index is 13.9. The molecule has 0 amide bonds. The van der Waals surface area contributed by atoms with E-state index < -0.39 is 11.3 Å². The molecule has 7 nitrogen and oxygen atoms in total. The molecule has 9 heteroatoms. The molecule has 1 N–H and O–H groups in total. The number of aryl methyl sites for hydroxylation is 1. The first-order chi connectivity index (χ1) is 16.9. The van der Waals surface area contributed by atoms with Crippen molar-refractivity contribution in [1.29, 1.82) is 0 Å². The van der Waals surface area contributed by atoms with E-state index in [0.717, 1.165) is 67.2 Å². The van der Waals surface area contributed by atoms with Crippen LogP contribution in [0, 0.1) is 5.41 Å². The number of hydrogen-bond donors (Lipinski definition) is 1. The summed E-state index contributed by atoms with van der Waals surface area (Å²) in [4.78, 5) is 16.4. The van der Waals surface area contributed by atoms with Gasteiger partial charge in [-0.2, -0.15) is 4.98 Å². The van der Waals surface area contributed by atoms with Crippen molar-refractivity contribution in [2.45, 2.75) is 62.8 Å². The normalized spacial score (nSPS) is 26.3. The van der Waals surface area contributed by atoms with Crippen molar-refractivity contribution in [3.63, 3.8) is 0 Å². The van der Waals surface area contributed by atoms with Gasteiger partial charge in [-0.05, 0) is 56.7 Å². The van der Waals surface area contributed by atoms with Gasteiger partial charge < -0.3 is 19.5 Å². The zero-order valence-electron chi connectivity index (χ0n) is 20.3. The summed E-state index contributed by atoms with van der Waals surface area (Å²) >= 11 is 0. The van der Waals surface area contributed by atoms with Crippen LogP contribution >= 0.6 is 0 Å². The second-order valence-corrected chi connectivity index (χ2v) is 10.5. The first-order valence-corrected chi connectivity index (χ1v) is 12.6. The lowest BCUT2D eigenvalue weighted by atomic mass is 9.83. The molecule has 2 aliphatic carbocycles. The first kappa shape index (κ1) is 22.5. The molecule has 6 rings (SSSR count). The third-order valence-corrected chi connectivity index (χ3v) is 8.44. The topological polar surface area (TPSA) is 68.1 Å². The summed E-state index contributed by atoms with van der Waals surface area (Å²) in [5, 5.41) is 4.49. The van der Waals surface area contributed by atoms with Crippen molar-refractivity contribution in [2.24, 2.45) is 12.5 Å². The van der Waals surface area contributed by atoms with Gasteiger partial charge in [-0.1, -0.05) is 0 Å². The van der Waals surface area contributed by atoms with Crippen LogP contribution in [0.15, 0.2) is 30.7 Å². The summed E-state index contributed by atoms with van der Waals surface area (Å²) < 4.78 is 35.3. The van der Waals surface area contributed by atoms with Gasteiger partial charge >= 0.3 is 0 Å². The van der Waals surface area contributed by atoms with E-state index in [1.54, 1.807) is 7.11 Å². The van der Waals surface area contributed by atoms with E-state index in [0.29, 0.717) is 18.8 Å². The Hall–Kier alpha value is -2.97. The van der Waals surface area contributed by atoms with Gasteiger partial charge in [0.2, 0.25) is 5.95 Å². The quantitative estimate of drug-likeness (QED) is 0.543. The number of hydrogen-bond acceptors (Lipinski definition) is 6. The Bertz CT molecular complexity index is 1230. The fourth-order valence-corrected chi connectivity index (χ4v) is 6.04. The molecular formula is C26H32F2N6O. The summed E-state index contributed by atoms with van der Waals surface area (Å²) in [6, 6.07) is 5.96. The number of imidazole rings is 1. The van der Waals surface area contributed by atoms with Crippen LogP contribution in [-0.2, 0) is 7.05 Å². The number of benzene rings is 1. The maximum Gasteiger partial charge on any atom is 0.254 e. The molecule has 2 saturated carbocycles. The highest BCUT2D eigenvalue weighted by Crippen LogP contribution is 2.67. The average Bonchev–Trinajstić information content (AvgIpc) is 3.15. The minimum absolute atomic E-state index is 0.0548. The lowest BCUT2D eigenvalue weighted by Crippen LogP contribution is -2.35. The number of aromatic nitrogens is 4. The Morgan fingerprint density at radius 1 is 1.09 bits per heavy atom. The standard InChI is InChI=1S/C26H32F2N6O/c1-33-16-29-14-22(33)17-7-11-34(12-8-17)24-31-21-4-3-19(35-2)13-20(21)23(32-24)30-18-5-9-25(10-6-18)15-26(25,27)28/h3-4,13-14,16-18H,5-12,15H2,1-2H3,(H,30,31,32). The average molecular weight is 483 g/mol. The molecule has 2 aromatic heterocycles. The van der Waals surface area contributed by atoms with E-state index >= 15 is 0 Å². The molecule has 3 heterocycles. The lowest BCUT2D eigenvalue weighted by molar-refractivity contribution is 0.0467. The number of rotatable bonds is 5. The Kier molecular flexibility index (Phi) is 5.34. The summed E-state index contributed by atoms with van der Waals surface area (Å²) in [6.07, 6.45) is 8.52. The summed E-state index contributed by atoms with van der Waals surface area (Å²) in [7, 11) is 3.69. The largest absolute Gasteiger partial charge is 0.497 e. The SMILES string of the molecule is COc1ccc2nc(N3CCC(c4cncn4C)CC3)nc(NC3CCC4(CC3)CC4(F)F)c2c1. The molecule has 1 saturated heterocycles. The highest BCUT2D eigenvalue weighted by atomic mass is 19.3. The Balaban J connectivity index is 1.23. The van der Waals surface area contributed by atoms with Crippen molar-refractivity contribution in [3.8, 4) is 5.75 Å². The zero-order chi connectivity index (χ0) is 24.2. The van der Waals surface area contributed by atoms with Gasteiger partial charge in [0.15, 0.2) is 0 Å². The number of halogens is 2. The van der Waals surface area contributed by atoms with Crippen LogP contribution in [0.1, 0.15) is 56.6 Å².